The van der Waals surface area contributed by atoms with E-state index in [2.05, 4.69) is 17.2 Å². The van der Waals surface area contributed by atoms with Crippen molar-refractivity contribution in [1.82, 2.24) is 4.98 Å². The number of fused-ring (bicyclic) bond motifs is 2. The zero-order valence-electron chi connectivity index (χ0n) is 11.5. The Morgan fingerprint density at radius 2 is 2.05 bits per heavy atom. The van der Waals surface area contributed by atoms with Crippen LogP contribution in [-0.4, -0.2) is 11.0 Å². The number of hydrogen-bond donors (Lipinski definition) is 1. The second-order valence-corrected chi connectivity index (χ2v) is 6.20. The molecule has 1 aromatic heterocycles. The average Bonchev–Trinajstić information content (AvgIpc) is 3.00. The van der Waals surface area contributed by atoms with Crippen LogP contribution >= 0.6 is 0 Å². The van der Waals surface area contributed by atoms with E-state index >= 15 is 0 Å². The predicted octanol–water partition coefficient (Wildman–Crippen LogP) is 4.34. The summed E-state index contributed by atoms with van der Waals surface area (Å²) >= 11 is 0. The number of nitrogens with zero attached hydrogens (tertiary/aromatic N) is 1. The molecule has 2 aliphatic rings. The van der Waals surface area contributed by atoms with Crippen molar-refractivity contribution in [3.8, 4) is 0 Å². The fraction of sp³-hybridized carbons (Fsp3) is 0.667. The summed E-state index contributed by atoms with van der Waals surface area (Å²) in [7, 11) is 0. The summed E-state index contributed by atoms with van der Waals surface area (Å²) < 4.78 is 37.4. The molecule has 0 radical (unpaired) electrons. The van der Waals surface area contributed by atoms with Gasteiger partial charge in [-0.1, -0.05) is 6.42 Å². The minimum atomic E-state index is -4.32. The van der Waals surface area contributed by atoms with Gasteiger partial charge in [0.15, 0.2) is 0 Å². The first-order valence-corrected chi connectivity index (χ1v) is 7.23. The molecule has 0 aromatic carbocycles. The van der Waals surface area contributed by atoms with Crippen LogP contribution in [0.5, 0.6) is 0 Å². The maximum atomic E-state index is 12.5. The highest BCUT2D eigenvalue weighted by Crippen LogP contribution is 2.49. The summed E-state index contributed by atoms with van der Waals surface area (Å²) in [6.45, 7) is 2.12. The molecule has 2 aliphatic carbocycles. The number of halogens is 3. The third kappa shape index (κ3) is 2.63. The van der Waals surface area contributed by atoms with E-state index in [4.69, 9.17) is 0 Å². The number of anilines is 1. The molecule has 3 rings (SSSR count). The molecule has 0 amide bonds. The van der Waals surface area contributed by atoms with Crippen LogP contribution < -0.4 is 5.32 Å². The topological polar surface area (TPSA) is 24.9 Å². The van der Waals surface area contributed by atoms with E-state index in [1.165, 1.54) is 31.7 Å². The Labute approximate surface area is 116 Å². The summed E-state index contributed by atoms with van der Waals surface area (Å²) in [4.78, 5) is 3.89. The van der Waals surface area contributed by atoms with E-state index in [0.29, 0.717) is 11.7 Å². The monoisotopic (exact) mass is 284 g/mol. The molecule has 2 nitrogen and oxygen atoms in total. The fourth-order valence-corrected chi connectivity index (χ4v) is 3.89. The molecule has 1 heterocycles. The minimum Gasteiger partial charge on any atom is -0.367 e. The average molecular weight is 284 g/mol. The smallest absolute Gasteiger partial charge is 0.367 e. The number of nitrogens with one attached hydrogen (secondary N) is 1. The Hall–Kier alpha value is -1.26. The Bertz CT molecular complexity index is 469. The Morgan fingerprint density at radius 1 is 1.25 bits per heavy atom. The van der Waals surface area contributed by atoms with Crippen LogP contribution in [0.4, 0.5) is 19.0 Å². The maximum Gasteiger partial charge on any atom is 0.417 e. The standard InChI is InChI=1S/C15H19F3N2/c1-9(13-7-10-2-3-11(13)6-10)20-14-5-4-12(8-19-14)15(16,17)18/h4-5,8-11,13H,2-3,6-7H2,1H3,(H,19,20). The largest absolute Gasteiger partial charge is 0.417 e. The van der Waals surface area contributed by atoms with Gasteiger partial charge >= 0.3 is 6.18 Å². The van der Waals surface area contributed by atoms with Crippen molar-refractivity contribution < 1.29 is 13.2 Å². The van der Waals surface area contributed by atoms with Crippen molar-refractivity contribution in [3.63, 3.8) is 0 Å². The van der Waals surface area contributed by atoms with Gasteiger partial charge in [0, 0.05) is 12.2 Å². The van der Waals surface area contributed by atoms with Crippen LogP contribution in [0.1, 0.15) is 38.2 Å². The second kappa shape index (κ2) is 4.93. The highest BCUT2D eigenvalue weighted by Gasteiger charge is 2.41. The normalized spacial score (nSPS) is 30.5. The lowest BCUT2D eigenvalue weighted by molar-refractivity contribution is -0.137. The first-order valence-electron chi connectivity index (χ1n) is 7.23. The summed E-state index contributed by atoms with van der Waals surface area (Å²) in [6, 6.07) is 2.78. The Morgan fingerprint density at radius 3 is 2.55 bits per heavy atom. The third-order valence-corrected chi connectivity index (χ3v) is 4.90. The number of hydrogen-bond acceptors (Lipinski definition) is 2. The number of pyridine rings is 1. The van der Waals surface area contributed by atoms with Crippen LogP contribution in [0, 0.1) is 17.8 Å². The van der Waals surface area contributed by atoms with Crippen LogP contribution in [0.15, 0.2) is 18.3 Å². The van der Waals surface area contributed by atoms with Gasteiger partial charge in [0.25, 0.3) is 0 Å². The summed E-state index contributed by atoms with van der Waals surface area (Å²) in [6.07, 6.45) is 1.82. The highest BCUT2D eigenvalue weighted by molar-refractivity contribution is 5.37. The van der Waals surface area contributed by atoms with Crippen LogP contribution in [-0.2, 0) is 6.18 Å². The lowest BCUT2D eigenvalue weighted by Crippen LogP contribution is -2.30. The van der Waals surface area contributed by atoms with Gasteiger partial charge in [-0.15, -0.1) is 0 Å². The zero-order chi connectivity index (χ0) is 14.3. The first kappa shape index (κ1) is 13.7. The molecule has 2 bridgehead atoms. The van der Waals surface area contributed by atoms with Gasteiger partial charge in [0.05, 0.1) is 5.56 Å². The SMILES string of the molecule is CC(Nc1ccc(C(F)(F)F)cn1)C1CC2CCC1C2. The minimum absolute atomic E-state index is 0.273. The van der Waals surface area contributed by atoms with Gasteiger partial charge in [-0.3, -0.25) is 0 Å². The van der Waals surface area contributed by atoms with Crippen molar-refractivity contribution in [2.45, 2.75) is 44.8 Å². The molecule has 20 heavy (non-hydrogen) atoms. The second-order valence-electron chi connectivity index (χ2n) is 6.20. The molecule has 1 aromatic rings. The van der Waals surface area contributed by atoms with Crippen molar-refractivity contribution in [3.05, 3.63) is 23.9 Å². The van der Waals surface area contributed by atoms with Crippen LogP contribution in [0.2, 0.25) is 0 Å². The van der Waals surface area contributed by atoms with E-state index in [9.17, 15) is 13.2 Å². The predicted molar refractivity (Wildman–Crippen MR) is 71.3 cm³/mol. The molecule has 1 N–H and O–H groups in total. The number of rotatable bonds is 3. The van der Waals surface area contributed by atoms with Gasteiger partial charge in [0.2, 0.25) is 0 Å². The van der Waals surface area contributed by atoms with Crippen molar-refractivity contribution in [1.29, 1.82) is 0 Å². The number of aromatic nitrogens is 1. The molecule has 0 spiro atoms. The zero-order valence-corrected chi connectivity index (χ0v) is 11.5. The molecule has 2 fully saturated rings. The molecule has 110 valence electrons. The quantitative estimate of drug-likeness (QED) is 0.893. The molecule has 5 heteroatoms. The van der Waals surface area contributed by atoms with Crippen molar-refractivity contribution >= 4 is 5.82 Å². The molecular formula is C15H19F3N2. The van der Waals surface area contributed by atoms with Crippen LogP contribution in [0.25, 0.3) is 0 Å². The summed E-state index contributed by atoms with van der Waals surface area (Å²) in [5.74, 6) is 2.83. The fourth-order valence-electron chi connectivity index (χ4n) is 3.89. The van der Waals surface area contributed by atoms with E-state index in [1.54, 1.807) is 0 Å². The van der Waals surface area contributed by atoms with Gasteiger partial charge in [-0.25, -0.2) is 4.98 Å². The Balaban J connectivity index is 1.63. The third-order valence-electron chi connectivity index (χ3n) is 4.90. The first-order chi connectivity index (χ1) is 9.43. The Kier molecular flexibility index (Phi) is 3.38. The molecule has 4 unspecified atom stereocenters. The molecule has 0 aliphatic heterocycles. The molecule has 0 saturated heterocycles. The van der Waals surface area contributed by atoms with Crippen molar-refractivity contribution in [2.75, 3.05) is 5.32 Å². The van der Waals surface area contributed by atoms with E-state index in [1.807, 2.05) is 0 Å². The van der Waals surface area contributed by atoms with E-state index < -0.39 is 11.7 Å². The van der Waals surface area contributed by atoms with E-state index in [0.717, 1.165) is 24.1 Å². The van der Waals surface area contributed by atoms with Gasteiger partial charge in [-0.2, -0.15) is 13.2 Å². The van der Waals surface area contributed by atoms with E-state index in [-0.39, 0.29) is 6.04 Å². The lowest BCUT2D eigenvalue weighted by Gasteiger charge is -2.28. The molecular weight excluding hydrogens is 265 g/mol. The summed E-state index contributed by atoms with van der Waals surface area (Å²) in [5.41, 5.74) is -0.698. The lowest BCUT2D eigenvalue weighted by atomic mass is 9.84. The van der Waals surface area contributed by atoms with Crippen LogP contribution in [0.3, 0.4) is 0 Å². The van der Waals surface area contributed by atoms with Gasteiger partial charge in [-0.05, 0) is 56.1 Å². The molecule has 2 saturated carbocycles. The molecule has 4 atom stereocenters. The highest BCUT2D eigenvalue weighted by atomic mass is 19.4. The van der Waals surface area contributed by atoms with Gasteiger partial charge < -0.3 is 5.32 Å². The van der Waals surface area contributed by atoms with Gasteiger partial charge in [0.1, 0.15) is 5.82 Å². The summed E-state index contributed by atoms with van der Waals surface area (Å²) in [5, 5.41) is 3.27. The number of alkyl halides is 3. The van der Waals surface area contributed by atoms with Crippen molar-refractivity contribution in [2.24, 2.45) is 17.8 Å². The maximum absolute atomic E-state index is 12.5.